The van der Waals surface area contributed by atoms with Crippen molar-refractivity contribution in [1.29, 1.82) is 0 Å². The van der Waals surface area contributed by atoms with E-state index in [-0.39, 0.29) is 11.1 Å². The molecule has 144 valence electrons. The number of hydrogen-bond acceptors (Lipinski definition) is 5. The van der Waals surface area contributed by atoms with Gasteiger partial charge in [-0.3, -0.25) is 9.59 Å². The first-order valence-electron chi connectivity index (χ1n) is 8.39. The molecule has 2 rings (SSSR count). The predicted molar refractivity (Wildman–Crippen MR) is 101 cm³/mol. The van der Waals surface area contributed by atoms with Crippen LogP contribution in [0.25, 0.3) is 0 Å². The van der Waals surface area contributed by atoms with Gasteiger partial charge in [-0.05, 0) is 55.5 Å². The van der Waals surface area contributed by atoms with E-state index >= 15 is 0 Å². The third kappa shape index (κ3) is 5.51. The summed E-state index contributed by atoms with van der Waals surface area (Å²) < 4.78 is 0. The summed E-state index contributed by atoms with van der Waals surface area (Å²) >= 11 is 0. The maximum Gasteiger partial charge on any atom is 0.335 e. The van der Waals surface area contributed by atoms with Crippen LogP contribution in [0, 0.1) is 11.8 Å². The van der Waals surface area contributed by atoms with Crippen molar-refractivity contribution in [2.24, 2.45) is 0 Å². The Morgan fingerprint density at radius 2 is 1.39 bits per heavy atom. The molecule has 0 aliphatic carbocycles. The number of amides is 1. The van der Waals surface area contributed by atoms with Crippen molar-refractivity contribution < 1.29 is 29.7 Å². The molecular formula is C21H19NO6. The zero-order valence-corrected chi connectivity index (χ0v) is 15.0. The standard InChI is InChI=1S/C21H19NO6/c1-13(24)19(18(25)12-23)22-20(26)16-8-4-14(5-9-16)2-3-15-6-10-17(11-7-15)21(27)28/h4-11,13,19,23-24H,12H2,1H3,(H,22,26)(H,27,28)/t13-,19+/m1/s1. The molecule has 2 aromatic carbocycles. The Morgan fingerprint density at radius 1 is 0.929 bits per heavy atom. The van der Waals surface area contributed by atoms with Crippen molar-refractivity contribution in [3.63, 3.8) is 0 Å². The van der Waals surface area contributed by atoms with Crippen LogP contribution in [0.15, 0.2) is 48.5 Å². The smallest absolute Gasteiger partial charge is 0.335 e. The van der Waals surface area contributed by atoms with Gasteiger partial charge in [-0.25, -0.2) is 4.79 Å². The molecule has 0 bridgehead atoms. The SMILES string of the molecule is C[C@@H](O)[C@H](NC(=O)c1ccc(C#Cc2ccc(C(=O)O)cc2)cc1)C(=O)CO. The van der Waals surface area contributed by atoms with Crippen molar-refractivity contribution in [3.8, 4) is 11.8 Å². The average molecular weight is 381 g/mol. The maximum atomic E-state index is 12.2. The first kappa shape index (κ1) is 20.8. The van der Waals surface area contributed by atoms with E-state index in [2.05, 4.69) is 17.2 Å². The van der Waals surface area contributed by atoms with Crippen LogP contribution < -0.4 is 5.32 Å². The van der Waals surface area contributed by atoms with Crippen molar-refractivity contribution >= 4 is 17.7 Å². The molecule has 0 unspecified atom stereocenters. The molecule has 4 N–H and O–H groups in total. The third-order valence-corrected chi connectivity index (χ3v) is 3.90. The number of carboxylic acids is 1. The summed E-state index contributed by atoms with van der Waals surface area (Å²) in [6.07, 6.45) is -1.14. The Hall–Kier alpha value is -3.47. The second-order valence-electron chi connectivity index (χ2n) is 6.03. The van der Waals surface area contributed by atoms with Crippen LogP contribution in [-0.2, 0) is 4.79 Å². The molecule has 0 aromatic heterocycles. The molecule has 0 saturated heterocycles. The number of aliphatic hydroxyl groups excluding tert-OH is 2. The number of Topliss-reactive ketones (excluding diaryl/α,β-unsaturated/α-hetero) is 1. The number of aliphatic hydroxyl groups is 2. The fourth-order valence-electron chi connectivity index (χ4n) is 2.34. The second kappa shape index (κ2) is 9.46. The highest BCUT2D eigenvalue weighted by Crippen LogP contribution is 2.07. The Labute approximate surface area is 161 Å². The molecule has 2 atom stereocenters. The molecule has 0 aliphatic rings. The lowest BCUT2D eigenvalue weighted by Crippen LogP contribution is -2.48. The van der Waals surface area contributed by atoms with Gasteiger partial charge in [0.2, 0.25) is 0 Å². The van der Waals surface area contributed by atoms with Crippen LogP contribution in [-0.4, -0.2) is 51.7 Å². The molecule has 0 radical (unpaired) electrons. The highest BCUT2D eigenvalue weighted by Gasteiger charge is 2.25. The van der Waals surface area contributed by atoms with Gasteiger partial charge in [0, 0.05) is 16.7 Å². The normalized spacial score (nSPS) is 12.2. The highest BCUT2D eigenvalue weighted by atomic mass is 16.4. The number of nitrogens with one attached hydrogen (secondary N) is 1. The third-order valence-electron chi connectivity index (χ3n) is 3.90. The summed E-state index contributed by atoms with van der Waals surface area (Å²) in [6, 6.07) is 11.2. The topological polar surface area (TPSA) is 124 Å². The molecule has 0 saturated carbocycles. The van der Waals surface area contributed by atoms with Gasteiger partial charge >= 0.3 is 5.97 Å². The molecule has 2 aromatic rings. The molecule has 28 heavy (non-hydrogen) atoms. The summed E-state index contributed by atoms with van der Waals surface area (Å²) in [7, 11) is 0. The van der Waals surface area contributed by atoms with E-state index in [0.29, 0.717) is 11.1 Å². The lowest BCUT2D eigenvalue weighted by atomic mass is 10.1. The van der Waals surface area contributed by atoms with Crippen LogP contribution in [0.5, 0.6) is 0 Å². The monoisotopic (exact) mass is 381 g/mol. The van der Waals surface area contributed by atoms with Gasteiger partial charge < -0.3 is 20.6 Å². The molecule has 0 aliphatic heterocycles. The molecule has 1 amide bonds. The number of benzene rings is 2. The van der Waals surface area contributed by atoms with Crippen LogP contribution in [0.2, 0.25) is 0 Å². The van der Waals surface area contributed by atoms with Gasteiger partial charge in [-0.15, -0.1) is 0 Å². The van der Waals surface area contributed by atoms with Crippen LogP contribution in [0.1, 0.15) is 38.8 Å². The number of carboxylic acid groups (broad SMARTS) is 1. The van der Waals surface area contributed by atoms with E-state index in [1.165, 1.54) is 31.2 Å². The van der Waals surface area contributed by atoms with E-state index in [1.807, 2.05) is 0 Å². The minimum absolute atomic E-state index is 0.177. The molecule has 7 nitrogen and oxygen atoms in total. The van der Waals surface area contributed by atoms with E-state index in [9.17, 15) is 19.5 Å². The van der Waals surface area contributed by atoms with Gasteiger partial charge in [0.25, 0.3) is 5.91 Å². The van der Waals surface area contributed by atoms with Crippen molar-refractivity contribution in [1.82, 2.24) is 5.32 Å². The Balaban J connectivity index is 2.08. The highest BCUT2D eigenvalue weighted by molar-refractivity contribution is 5.98. The summed E-state index contributed by atoms with van der Waals surface area (Å²) in [5, 5.41) is 29.8. The fraction of sp³-hybridized carbons (Fsp3) is 0.190. The second-order valence-corrected chi connectivity index (χ2v) is 6.03. The Bertz CT molecular complexity index is 920. The van der Waals surface area contributed by atoms with Crippen molar-refractivity contribution in [2.75, 3.05) is 6.61 Å². The lowest BCUT2D eigenvalue weighted by Gasteiger charge is -2.19. The first-order chi connectivity index (χ1) is 13.3. The zero-order chi connectivity index (χ0) is 20.7. The zero-order valence-electron chi connectivity index (χ0n) is 15.0. The van der Waals surface area contributed by atoms with E-state index in [4.69, 9.17) is 10.2 Å². The molecule has 0 heterocycles. The van der Waals surface area contributed by atoms with E-state index in [1.54, 1.807) is 24.3 Å². The van der Waals surface area contributed by atoms with Crippen LogP contribution in [0.4, 0.5) is 0 Å². The largest absolute Gasteiger partial charge is 0.478 e. The summed E-state index contributed by atoms with van der Waals surface area (Å²) in [4.78, 5) is 34.6. The fourth-order valence-corrected chi connectivity index (χ4v) is 2.34. The van der Waals surface area contributed by atoms with Gasteiger partial charge in [-0.2, -0.15) is 0 Å². The summed E-state index contributed by atoms with van der Waals surface area (Å²) in [5.74, 6) is 3.56. The molecule has 0 spiro atoms. The number of hydrogen-bond donors (Lipinski definition) is 4. The van der Waals surface area contributed by atoms with E-state index < -0.39 is 36.4 Å². The van der Waals surface area contributed by atoms with Crippen LogP contribution >= 0.6 is 0 Å². The van der Waals surface area contributed by atoms with Crippen molar-refractivity contribution in [3.05, 3.63) is 70.8 Å². The minimum atomic E-state index is -1.19. The van der Waals surface area contributed by atoms with Gasteiger partial charge in [0.05, 0.1) is 11.7 Å². The van der Waals surface area contributed by atoms with Crippen LogP contribution in [0.3, 0.4) is 0 Å². The quantitative estimate of drug-likeness (QED) is 0.550. The lowest BCUT2D eigenvalue weighted by molar-refractivity contribution is -0.125. The molecular weight excluding hydrogens is 362 g/mol. The van der Waals surface area contributed by atoms with Gasteiger partial charge in [0.15, 0.2) is 5.78 Å². The summed E-state index contributed by atoms with van der Waals surface area (Å²) in [6.45, 7) is 0.567. The number of aromatic carboxylic acids is 1. The molecule has 7 heteroatoms. The minimum Gasteiger partial charge on any atom is -0.478 e. The maximum absolute atomic E-state index is 12.2. The molecule has 0 fully saturated rings. The number of ketones is 1. The first-order valence-corrected chi connectivity index (χ1v) is 8.39. The number of carbonyl (C=O) groups is 3. The van der Waals surface area contributed by atoms with Gasteiger partial charge in [-0.1, -0.05) is 11.8 Å². The van der Waals surface area contributed by atoms with Crippen molar-refractivity contribution in [2.45, 2.75) is 19.1 Å². The van der Waals surface area contributed by atoms with E-state index in [0.717, 1.165) is 0 Å². The Morgan fingerprint density at radius 3 is 1.79 bits per heavy atom. The van der Waals surface area contributed by atoms with Gasteiger partial charge in [0.1, 0.15) is 12.6 Å². The summed E-state index contributed by atoms with van der Waals surface area (Å²) in [5.41, 5.74) is 1.73. The number of rotatable bonds is 6. The predicted octanol–water partition coefficient (Wildman–Crippen LogP) is 0.825. The number of carbonyl (C=O) groups excluding carboxylic acids is 2. The Kier molecular flexibility index (Phi) is 7.04. The average Bonchev–Trinajstić information content (AvgIpc) is 2.70.